The fourth-order valence-corrected chi connectivity index (χ4v) is 2.97. The maximum absolute atomic E-state index is 13.5. The fourth-order valence-electron chi connectivity index (χ4n) is 2.97. The summed E-state index contributed by atoms with van der Waals surface area (Å²) in [6.07, 6.45) is 6.03. The number of amides is 1. The molecule has 1 aromatic heterocycles. The van der Waals surface area contributed by atoms with E-state index in [2.05, 4.69) is 10.4 Å². The van der Waals surface area contributed by atoms with Gasteiger partial charge in [0.1, 0.15) is 11.6 Å². The van der Waals surface area contributed by atoms with Crippen LogP contribution < -0.4 is 5.32 Å². The molecule has 2 aromatic rings. The third-order valence-electron chi connectivity index (χ3n) is 4.35. The Morgan fingerprint density at radius 1 is 1.32 bits per heavy atom. The number of esters is 1. The van der Waals surface area contributed by atoms with E-state index >= 15 is 0 Å². The van der Waals surface area contributed by atoms with E-state index in [1.807, 2.05) is 4.68 Å². The number of anilines is 1. The SMILES string of the molecule is Cc1ccc(C(=O)OCC(=O)Nc2ccnn2C2CCCC2)cc1F. The van der Waals surface area contributed by atoms with Gasteiger partial charge in [-0.05, 0) is 37.5 Å². The second kappa shape index (κ2) is 7.46. The molecule has 0 bridgehead atoms. The molecule has 1 aliphatic carbocycles. The van der Waals surface area contributed by atoms with Crippen LogP contribution >= 0.6 is 0 Å². The summed E-state index contributed by atoms with van der Waals surface area (Å²) in [5.74, 6) is -1.09. The lowest BCUT2D eigenvalue weighted by Gasteiger charge is -2.14. The van der Waals surface area contributed by atoms with Crippen LogP contribution in [0.25, 0.3) is 0 Å². The van der Waals surface area contributed by atoms with Crippen LogP contribution in [0.4, 0.5) is 10.2 Å². The molecule has 25 heavy (non-hydrogen) atoms. The zero-order valence-corrected chi connectivity index (χ0v) is 14.0. The quantitative estimate of drug-likeness (QED) is 0.844. The Balaban J connectivity index is 1.55. The fraction of sp³-hybridized carbons (Fsp3) is 0.389. The average Bonchev–Trinajstić information content (AvgIpc) is 3.26. The number of aromatic nitrogens is 2. The molecule has 0 atom stereocenters. The number of nitrogens with zero attached hydrogens (tertiary/aromatic N) is 2. The normalized spacial score (nSPS) is 14.5. The van der Waals surface area contributed by atoms with Crippen molar-refractivity contribution in [1.29, 1.82) is 0 Å². The third kappa shape index (κ3) is 4.04. The Bertz CT molecular complexity index is 782. The molecular formula is C18H20FN3O3. The van der Waals surface area contributed by atoms with E-state index in [9.17, 15) is 14.0 Å². The molecule has 1 amide bonds. The summed E-state index contributed by atoms with van der Waals surface area (Å²) in [5.41, 5.74) is 0.515. The molecule has 0 radical (unpaired) electrons. The number of halogens is 1. The highest BCUT2D eigenvalue weighted by Crippen LogP contribution is 2.31. The van der Waals surface area contributed by atoms with Gasteiger partial charge in [-0.25, -0.2) is 13.9 Å². The number of carbonyl (C=O) groups excluding carboxylic acids is 2. The Hall–Kier alpha value is -2.70. The van der Waals surface area contributed by atoms with Crippen molar-refractivity contribution < 1.29 is 18.7 Å². The van der Waals surface area contributed by atoms with Crippen LogP contribution in [0, 0.1) is 12.7 Å². The Labute approximate surface area is 145 Å². The molecule has 132 valence electrons. The molecule has 0 saturated heterocycles. The molecule has 0 aliphatic heterocycles. The van der Waals surface area contributed by atoms with Crippen molar-refractivity contribution in [2.75, 3.05) is 11.9 Å². The molecule has 1 heterocycles. The molecule has 0 spiro atoms. The van der Waals surface area contributed by atoms with Gasteiger partial charge in [-0.2, -0.15) is 5.10 Å². The molecule has 7 heteroatoms. The highest BCUT2D eigenvalue weighted by molar-refractivity contribution is 5.95. The molecule has 3 rings (SSSR count). The molecular weight excluding hydrogens is 325 g/mol. The van der Waals surface area contributed by atoms with E-state index < -0.39 is 24.3 Å². The zero-order valence-electron chi connectivity index (χ0n) is 14.0. The van der Waals surface area contributed by atoms with Crippen molar-refractivity contribution in [3.63, 3.8) is 0 Å². The first-order valence-corrected chi connectivity index (χ1v) is 8.31. The maximum Gasteiger partial charge on any atom is 0.338 e. The van der Waals surface area contributed by atoms with Gasteiger partial charge in [-0.3, -0.25) is 4.79 Å². The van der Waals surface area contributed by atoms with Gasteiger partial charge in [0, 0.05) is 6.07 Å². The summed E-state index contributed by atoms with van der Waals surface area (Å²) >= 11 is 0. The summed E-state index contributed by atoms with van der Waals surface area (Å²) in [4.78, 5) is 23.9. The minimum atomic E-state index is -0.738. The van der Waals surface area contributed by atoms with Crippen LogP contribution in [-0.4, -0.2) is 28.3 Å². The number of aryl methyl sites for hydroxylation is 1. The monoisotopic (exact) mass is 345 g/mol. The van der Waals surface area contributed by atoms with Crippen LogP contribution in [0.5, 0.6) is 0 Å². The molecule has 1 fully saturated rings. The Morgan fingerprint density at radius 2 is 2.08 bits per heavy atom. The minimum absolute atomic E-state index is 0.0758. The Kier molecular flexibility index (Phi) is 5.11. The second-order valence-corrected chi connectivity index (χ2v) is 6.19. The van der Waals surface area contributed by atoms with Crippen LogP contribution in [-0.2, 0) is 9.53 Å². The van der Waals surface area contributed by atoms with Gasteiger partial charge in [0.15, 0.2) is 6.61 Å². The largest absolute Gasteiger partial charge is 0.452 e. The average molecular weight is 345 g/mol. The first-order valence-electron chi connectivity index (χ1n) is 8.31. The summed E-state index contributed by atoms with van der Waals surface area (Å²) in [6, 6.07) is 6.07. The van der Waals surface area contributed by atoms with Crippen molar-refractivity contribution in [3.05, 3.63) is 47.4 Å². The van der Waals surface area contributed by atoms with Crippen molar-refractivity contribution in [2.45, 2.75) is 38.6 Å². The summed E-state index contributed by atoms with van der Waals surface area (Å²) < 4.78 is 20.2. The van der Waals surface area contributed by atoms with E-state index in [4.69, 9.17) is 4.74 Å². The number of nitrogens with one attached hydrogen (secondary N) is 1. The molecule has 1 N–H and O–H groups in total. The highest BCUT2D eigenvalue weighted by atomic mass is 19.1. The molecule has 1 saturated carbocycles. The van der Waals surface area contributed by atoms with Crippen molar-refractivity contribution in [2.24, 2.45) is 0 Å². The predicted molar refractivity (Wildman–Crippen MR) is 89.8 cm³/mol. The van der Waals surface area contributed by atoms with Gasteiger partial charge < -0.3 is 10.1 Å². The van der Waals surface area contributed by atoms with Crippen molar-refractivity contribution >= 4 is 17.7 Å². The van der Waals surface area contributed by atoms with Gasteiger partial charge in [0.25, 0.3) is 5.91 Å². The van der Waals surface area contributed by atoms with E-state index in [0.717, 1.165) is 31.7 Å². The van der Waals surface area contributed by atoms with Crippen LogP contribution in [0.3, 0.4) is 0 Å². The number of carbonyl (C=O) groups is 2. The standard InChI is InChI=1S/C18H20FN3O3/c1-12-6-7-13(10-15(12)19)18(24)25-11-17(23)21-16-8-9-20-22(16)14-4-2-3-5-14/h6-10,14H,2-5,11H2,1H3,(H,21,23). The van der Waals surface area contributed by atoms with Gasteiger partial charge in [0.2, 0.25) is 0 Å². The number of benzene rings is 1. The number of rotatable bonds is 5. The number of hydrogen-bond acceptors (Lipinski definition) is 4. The van der Waals surface area contributed by atoms with Gasteiger partial charge in [-0.15, -0.1) is 0 Å². The maximum atomic E-state index is 13.5. The summed E-state index contributed by atoms with van der Waals surface area (Å²) in [7, 11) is 0. The second-order valence-electron chi connectivity index (χ2n) is 6.19. The van der Waals surface area contributed by atoms with Gasteiger partial charge in [0.05, 0.1) is 17.8 Å². The molecule has 1 aromatic carbocycles. The highest BCUT2D eigenvalue weighted by Gasteiger charge is 2.21. The van der Waals surface area contributed by atoms with Gasteiger partial charge >= 0.3 is 5.97 Å². The molecule has 6 nitrogen and oxygen atoms in total. The minimum Gasteiger partial charge on any atom is -0.452 e. The van der Waals surface area contributed by atoms with E-state index in [0.29, 0.717) is 17.4 Å². The molecule has 1 aliphatic rings. The van der Waals surface area contributed by atoms with Crippen molar-refractivity contribution in [1.82, 2.24) is 9.78 Å². The Morgan fingerprint density at radius 3 is 2.80 bits per heavy atom. The lowest BCUT2D eigenvalue weighted by Crippen LogP contribution is -2.23. The first-order chi connectivity index (χ1) is 12.0. The lowest BCUT2D eigenvalue weighted by molar-refractivity contribution is -0.119. The number of hydrogen-bond donors (Lipinski definition) is 1. The zero-order chi connectivity index (χ0) is 17.8. The van der Waals surface area contributed by atoms with Gasteiger partial charge in [-0.1, -0.05) is 18.9 Å². The van der Waals surface area contributed by atoms with Crippen LogP contribution in [0.15, 0.2) is 30.5 Å². The van der Waals surface area contributed by atoms with Crippen molar-refractivity contribution in [3.8, 4) is 0 Å². The smallest absolute Gasteiger partial charge is 0.338 e. The van der Waals surface area contributed by atoms with E-state index in [-0.39, 0.29) is 5.56 Å². The topological polar surface area (TPSA) is 73.2 Å². The summed E-state index contributed by atoms with van der Waals surface area (Å²) in [5, 5.41) is 6.97. The van der Waals surface area contributed by atoms with E-state index in [1.165, 1.54) is 12.1 Å². The summed E-state index contributed by atoms with van der Waals surface area (Å²) in [6.45, 7) is 1.16. The van der Waals surface area contributed by atoms with Crippen LogP contribution in [0.2, 0.25) is 0 Å². The third-order valence-corrected chi connectivity index (χ3v) is 4.35. The van der Waals surface area contributed by atoms with E-state index in [1.54, 1.807) is 19.2 Å². The first kappa shape index (κ1) is 17.1. The van der Waals surface area contributed by atoms with Crippen LogP contribution in [0.1, 0.15) is 47.6 Å². The lowest BCUT2D eigenvalue weighted by atomic mass is 10.1. The molecule has 0 unspecified atom stereocenters. The predicted octanol–water partition coefficient (Wildman–Crippen LogP) is 3.24. The number of ether oxygens (including phenoxy) is 1.